The number of nitrogens with two attached hydrogens (primary N) is 1. The van der Waals surface area contributed by atoms with Gasteiger partial charge in [-0.25, -0.2) is 13.8 Å². The summed E-state index contributed by atoms with van der Waals surface area (Å²) in [6.45, 7) is 1.96. The highest BCUT2D eigenvalue weighted by molar-refractivity contribution is 7.28. The molecule has 3 heterocycles. The minimum atomic E-state index is -0.726. The van der Waals surface area contributed by atoms with Gasteiger partial charge in [-0.05, 0) is 49.3 Å². The number of carbonyl (C=O) groups excluding carboxylic acids is 1. The summed E-state index contributed by atoms with van der Waals surface area (Å²) in [5.74, 6) is -1.93. The van der Waals surface area contributed by atoms with E-state index >= 15 is 0 Å². The van der Waals surface area contributed by atoms with Crippen LogP contribution in [-0.2, 0) is 4.74 Å². The highest BCUT2D eigenvalue weighted by Crippen LogP contribution is 2.34. The normalized spacial score (nSPS) is 20.7. The second-order valence-corrected chi connectivity index (χ2v) is 8.44. The van der Waals surface area contributed by atoms with Crippen molar-refractivity contribution < 1.29 is 18.3 Å². The van der Waals surface area contributed by atoms with Gasteiger partial charge in [-0.1, -0.05) is 12.1 Å². The number of carbonyl (C=O) groups is 1. The minimum Gasteiger partial charge on any atom is -0.370 e. The lowest BCUT2D eigenvalue weighted by atomic mass is 9.95. The van der Waals surface area contributed by atoms with E-state index in [1.54, 1.807) is 18.3 Å². The molecular formula is C23H23F2N4O2P. The lowest BCUT2D eigenvalue weighted by Crippen LogP contribution is -2.35. The van der Waals surface area contributed by atoms with E-state index in [2.05, 4.69) is 24.5 Å². The van der Waals surface area contributed by atoms with E-state index in [0.717, 1.165) is 18.1 Å². The molecule has 32 heavy (non-hydrogen) atoms. The lowest BCUT2D eigenvalue weighted by Gasteiger charge is -2.33. The fourth-order valence-electron chi connectivity index (χ4n) is 3.90. The molecule has 4 atom stereocenters. The number of halogens is 2. The number of nitrogens with zero attached hydrogens (tertiary/aromatic N) is 2. The molecule has 1 saturated heterocycles. The molecule has 4 rings (SSSR count). The fourth-order valence-corrected chi connectivity index (χ4v) is 4.29. The molecule has 3 N–H and O–H groups in total. The molecule has 1 aromatic carbocycles. The van der Waals surface area contributed by atoms with Gasteiger partial charge in [-0.15, -0.1) is 9.24 Å². The molecule has 0 bridgehead atoms. The van der Waals surface area contributed by atoms with Crippen LogP contribution in [0.4, 0.5) is 14.5 Å². The topological polar surface area (TPSA) is 90.1 Å². The van der Waals surface area contributed by atoms with Crippen molar-refractivity contribution in [3.05, 3.63) is 71.7 Å². The van der Waals surface area contributed by atoms with Crippen LogP contribution in [0.2, 0.25) is 0 Å². The minimum absolute atomic E-state index is 0.00898. The first-order chi connectivity index (χ1) is 15.3. The van der Waals surface area contributed by atoms with Crippen LogP contribution in [0.25, 0.3) is 11.3 Å². The lowest BCUT2D eigenvalue weighted by molar-refractivity contribution is -0.0483. The van der Waals surface area contributed by atoms with Gasteiger partial charge in [0.25, 0.3) is 5.91 Å². The van der Waals surface area contributed by atoms with Crippen LogP contribution < -0.4 is 16.4 Å². The summed E-state index contributed by atoms with van der Waals surface area (Å²) >= 11 is 0. The Morgan fingerprint density at radius 2 is 2.00 bits per heavy atom. The van der Waals surface area contributed by atoms with Crippen LogP contribution in [0.5, 0.6) is 0 Å². The fraction of sp³-hybridized carbons (Fsp3) is 0.261. The molecule has 0 saturated carbocycles. The zero-order valence-electron chi connectivity index (χ0n) is 17.4. The van der Waals surface area contributed by atoms with Crippen molar-refractivity contribution in [2.45, 2.75) is 38.0 Å². The molecule has 9 heteroatoms. The average Bonchev–Trinajstić information content (AvgIpc) is 2.74. The van der Waals surface area contributed by atoms with Crippen molar-refractivity contribution >= 4 is 26.1 Å². The van der Waals surface area contributed by atoms with Crippen molar-refractivity contribution in [3.8, 4) is 11.3 Å². The third kappa shape index (κ3) is 4.67. The quantitative estimate of drug-likeness (QED) is 0.584. The number of aromatic nitrogens is 2. The van der Waals surface area contributed by atoms with Gasteiger partial charge >= 0.3 is 0 Å². The third-order valence-corrected chi connectivity index (χ3v) is 5.84. The molecule has 2 aromatic heterocycles. The van der Waals surface area contributed by atoms with E-state index in [0.29, 0.717) is 17.4 Å². The van der Waals surface area contributed by atoms with Crippen LogP contribution in [0, 0.1) is 11.6 Å². The number of hydrogen-bond acceptors (Lipinski definition) is 5. The number of pyridine rings is 2. The maximum Gasteiger partial charge on any atom is 0.274 e. The molecule has 1 fully saturated rings. The zero-order valence-corrected chi connectivity index (χ0v) is 18.5. The molecule has 166 valence electrons. The van der Waals surface area contributed by atoms with Gasteiger partial charge in [0.1, 0.15) is 23.0 Å². The second-order valence-electron chi connectivity index (χ2n) is 7.81. The summed E-state index contributed by atoms with van der Waals surface area (Å²) in [4.78, 5) is 21.2. The van der Waals surface area contributed by atoms with E-state index < -0.39 is 17.5 Å². The number of anilines is 1. The Morgan fingerprint density at radius 1 is 1.19 bits per heavy atom. The van der Waals surface area contributed by atoms with Gasteiger partial charge in [0.05, 0.1) is 24.1 Å². The van der Waals surface area contributed by atoms with E-state index in [-0.39, 0.29) is 35.2 Å². The maximum absolute atomic E-state index is 14.5. The highest BCUT2D eigenvalue weighted by Gasteiger charge is 2.28. The predicted octanol–water partition coefficient (Wildman–Crippen LogP) is 3.74. The largest absolute Gasteiger partial charge is 0.370 e. The molecule has 4 unspecified atom stereocenters. The third-order valence-electron chi connectivity index (χ3n) is 5.36. The predicted molar refractivity (Wildman–Crippen MR) is 122 cm³/mol. The summed E-state index contributed by atoms with van der Waals surface area (Å²) < 4.78 is 34.9. The Balaban J connectivity index is 1.64. The average molecular weight is 456 g/mol. The molecule has 0 aliphatic carbocycles. The Hall–Kier alpha value is -2.80. The van der Waals surface area contributed by atoms with Gasteiger partial charge in [-0.2, -0.15) is 0 Å². The summed E-state index contributed by atoms with van der Waals surface area (Å²) in [7, 11) is 2.35. The molecule has 6 nitrogen and oxygen atoms in total. The van der Waals surface area contributed by atoms with Crippen molar-refractivity contribution in [1.29, 1.82) is 0 Å². The summed E-state index contributed by atoms with van der Waals surface area (Å²) in [6, 6.07) is 8.46. The van der Waals surface area contributed by atoms with Crippen molar-refractivity contribution in [2.24, 2.45) is 5.73 Å². The van der Waals surface area contributed by atoms with Crippen molar-refractivity contribution in [3.63, 3.8) is 0 Å². The second kappa shape index (κ2) is 9.36. The zero-order chi connectivity index (χ0) is 22.8. The Morgan fingerprint density at radius 3 is 2.75 bits per heavy atom. The molecule has 1 aliphatic rings. The monoisotopic (exact) mass is 456 g/mol. The number of nitrogens with one attached hydrogen (secondary N) is 1. The molecule has 1 aliphatic heterocycles. The number of amides is 1. The standard InChI is InChI=1S/C23H23F2N4O2P/c1-12-9-13(26)10-19(31-12)14-7-8-27-11-18(14)29-23(30)17-6-5-16(25)22(28-17)21-15(24)3-2-4-20(21)32/h2-8,11-13,19H,9-10,26,32H2,1H3,(H,29,30). The van der Waals surface area contributed by atoms with Crippen LogP contribution in [0.1, 0.15) is 41.9 Å². The first-order valence-electron chi connectivity index (χ1n) is 10.2. The van der Waals surface area contributed by atoms with Crippen molar-refractivity contribution in [1.82, 2.24) is 9.97 Å². The smallest absolute Gasteiger partial charge is 0.274 e. The molecule has 0 radical (unpaired) electrons. The van der Waals surface area contributed by atoms with Crippen LogP contribution in [0.3, 0.4) is 0 Å². The Labute approximate surface area is 186 Å². The van der Waals surface area contributed by atoms with E-state index in [9.17, 15) is 13.6 Å². The number of benzene rings is 1. The molecule has 0 spiro atoms. The van der Waals surface area contributed by atoms with Gasteiger partial charge < -0.3 is 15.8 Å². The van der Waals surface area contributed by atoms with E-state index in [1.807, 2.05) is 6.92 Å². The van der Waals surface area contributed by atoms with Gasteiger partial charge in [-0.3, -0.25) is 9.78 Å². The molecule has 3 aromatic rings. The SMILES string of the molecule is CC1CC(N)CC(c2ccncc2NC(=O)c2ccc(F)c(-c3c(F)cccc3P)n2)O1. The van der Waals surface area contributed by atoms with Crippen molar-refractivity contribution in [2.75, 3.05) is 5.32 Å². The van der Waals surface area contributed by atoms with Crippen LogP contribution >= 0.6 is 9.24 Å². The number of ether oxygens (including phenoxy) is 1. The van der Waals surface area contributed by atoms with E-state index in [4.69, 9.17) is 10.5 Å². The molecular weight excluding hydrogens is 433 g/mol. The number of rotatable bonds is 4. The Kier molecular flexibility index (Phi) is 6.55. The van der Waals surface area contributed by atoms with E-state index in [1.165, 1.54) is 24.4 Å². The number of hydrogen-bond donors (Lipinski definition) is 2. The Bertz CT molecular complexity index is 1130. The first kappa shape index (κ1) is 22.4. The highest BCUT2D eigenvalue weighted by atomic mass is 31.0. The van der Waals surface area contributed by atoms with Crippen LogP contribution in [0.15, 0.2) is 48.8 Å². The maximum atomic E-state index is 14.5. The van der Waals surface area contributed by atoms with Gasteiger partial charge in [0.15, 0.2) is 0 Å². The molecule has 1 amide bonds. The summed E-state index contributed by atoms with van der Waals surface area (Å²) in [6.07, 6.45) is 4.21. The summed E-state index contributed by atoms with van der Waals surface area (Å²) in [5, 5.41) is 3.21. The first-order valence-corrected chi connectivity index (χ1v) is 10.8. The summed E-state index contributed by atoms with van der Waals surface area (Å²) in [5.41, 5.74) is 7.05. The van der Waals surface area contributed by atoms with Gasteiger partial charge in [0.2, 0.25) is 0 Å². The van der Waals surface area contributed by atoms with Gasteiger partial charge in [0, 0.05) is 23.4 Å². The van der Waals surface area contributed by atoms with Crippen LogP contribution in [-0.4, -0.2) is 28.0 Å².